The van der Waals surface area contributed by atoms with Crippen molar-refractivity contribution in [2.45, 2.75) is 32.0 Å². The van der Waals surface area contributed by atoms with Crippen LogP contribution in [0.5, 0.6) is 0 Å². The summed E-state index contributed by atoms with van der Waals surface area (Å²) in [6.45, 7) is 3.50. The maximum atomic E-state index is 12.6. The molecule has 0 saturated carbocycles. The number of aliphatic hydroxyl groups excluding tert-OH is 1. The average molecular weight is 345 g/mol. The lowest BCUT2D eigenvalue weighted by atomic mass is 9.99. The molecule has 1 unspecified atom stereocenters. The van der Waals surface area contributed by atoms with E-state index in [2.05, 4.69) is 5.32 Å². The van der Waals surface area contributed by atoms with Crippen LogP contribution in [-0.2, 0) is 15.7 Å². The van der Waals surface area contributed by atoms with Gasteiger partial charge in [-0.05, 0) is 43.5 Å². The van der Waals surface area contributed by atoms with Crippen molar-refractivity contribution < 1.29 is 27.8 Å². The first-order valence-electron chi connectivity index (χ1n) is 7.39. The van der Waals surface area contributed by atoms with Gasteiger partial charge in [0.2, 0.25) is 5.91 Å². The Kier molecular flexibility index (Phi) is 6.98. The number of hydrogen-bond acceptors (Lipinski definition) is 3. The van der Waals surface area contributed by atoms with Crippen LogP contribution in [0.1, 0.15) is 31.4 Å². The number of amides is 1. The summed E-state index contributed by atoms with van der Waals surface area (Å²) in [7, 11) is 1.49. The van der Waals surface area contributed by atoms with Crippen molar-refractivity contribution >= 4 is 11.5 Å². The van der Waals surface area contributed by atoms with Gasteiger partial charge in [-0.15, -0.1) is 0 Å². The predicted molar refractivity (Wildman–Crippen MR) is 85.2 cm³/mol. The zero-order valence-electron chi connectivity index (χ0n) is 13.9. The molecule has 1 amide bonds. The highest BCUT2D eigenvalue weighted by Crippen LogP contribution is 2.30. The van der Waals surface area contributed by atoms with Gasteiger partial charge in [0, 0.05) is 19.8 Å². The van der Waals surface area contributed by atoms with Crippen molar-refractivity contribution in [1.29, 1.82) is 0 Å². The zero-order valence-corrected chi connectivity index (χ0v) is 13.9. The van der Waals surface area contributed by atoms with Gasteiger partial charge in [0.25, 0.3) is 0 Å². The Bertz CT molecular complexity index is 574. The van der Waals surface area contributed by atoms with Crippen LogP contribution in [0.2, 0.25) is 0 Å². The third-order valence-corrected chi connectivity index (χ3v) is 3.57. The Morgan fingerprint density at radius 1 is 1.29 bits per heavy atom. The molecule has 1 aromatic rings. The molecule has 0 fully saturated rings. The third kappa shape index (κ3) is 5.98. The van der Waals surface area contributed by atoms with Crippen molar-refractivity contribution in [3.8, 4) is 0 Å². The molecule has 1 aromatic carbocycles. The molecule has 0 heterocycles. The van der Waals surface area contributed by atoms with Gasteiger partial charge in [-0.2, -0.15) is 13.2 Å². The second-order valence-electron chi connectivity index (χ2n) is 5.86. The van der Waals surface area contributed by atoms with Crippen LogP contribution in [-0.4, -0.2) is 36.9 Å². The van der Waals surface area contributed by atoms with Crippen LogP contribution in [0.3, 0.4) is 0 Å². The number of halogens is 3. The summed E-state index contributed by atoms with van der Waals surface area (Å²) in [4.78, 5) is 12.1. The third-order valence-electron chi connectivity index (χ3n) is 3.57. The molecule has 1 rings (SSSR count). The van der Waals surface area contributed by atoms with E-state index in [4.69, 9.17) is 9.84 Å². The van der Waals surface area contributed by atoms with E-state index in [0.717, 1.165) is 12.1 Å². The summed E-state index contributed by atoms with van der Waals surface area (Å²) in [5.41, 5.74) is -0.407. The van der Waals surface area contributed by atoms with Crippen LogP contribution < -0.4 is 5.32 Å². The summed E-state index contributed by atoms with van der Waals surface area (Å²) in [6.07, 6.45) is -2.76. The molecule has 0 aliphatic rings. The fourth-order valence-corrected chi connectivity index (χ4v) is 2.27. The Morgan fingerprint density at radius 3 is 2.33 bits per heavy atom. The number of nitrogens with one attached hydrogen (secondary N) is 1. The molecule has 7 heteroatoms. The number of ether oxygens (including phenoxy) is 1. The van der Waals surface area contributed by atoms with Crippen molar-refractivity contribution in [3.63, 3.8) is 0 Å². The van der Waals surface area contributed by atoms with Crippen molar-refractivity contribution in [2.24, 2.45) is 0 Å². The van der Waals surface area contributed by atoms with Crippen LogP contribution in [0.15, 0.2) is 30.3 Å². The molecule has 0 bridgehead atoms. The fourth-order valence-electron chi connectivity index (χ4n) is 2.27. The maximum Gasteiger partial charge on any atom is 0.416 e. The van der Waals surface area contributed by atoms with Gasteiger partial charge in [-0.1, -0.05) is 12.1 Å². The highest BCUT2D eigenvalue weighted by Gasteiger charge is 2.30. The molecule has 134 valence electrons. The van der Waals surface area contributed by atoms with Crippen LogP contribution in [0.25, 0.3) is 5.57 Å². The van der Waals surface area contributed by atoms with E-state index in [0.29, 0.717) is 17.6 Å². The second-order valence-corrected chi connectivity index (χ2v) is 5.86. The molecule has 24 heavy (non-hydrogen) atoms. The van der Waals surface area contributed by atoms with E-state index >= 15 is 0 Å². The Labute approximate surface area is 139 Å². The van der Waals surface area contributed by atoms with Gasteiger partial charge < -0.3 is 15.2 Å². The fraction of sp³-hybridized carbons (Fsp3) is 0.471. The molecule has 0 radical (unpaired) electrons. The molecule has 0 aliphatic heterocycles. The molecule has 2 N–H and O–H groups in total. The van der Waals surface area contributed by atoms with E-state index in [1.807, 2.05) is 0 Å². The quantitative estimate of drug-likeness (QED) is 0.747. The monoisotopic (exact) mass is 345 g/mol. The standard InChI is InChI=1S/C17H22F3NO3/c1-12(13-4-6-14(7-5-13)17(18,19)20)10-15(23)21-16(2,8-9-22)11-24-3/h4-7,10,22H,8-9,11H2,1-3H3,(H,21,23)/b12-10-. The lowest BCUT2D eigenvalue weighted by Crippen LogP contribution is -2.49. The number of benzene rings is 1. The summed E-state index contributed by atoms with van der Waals surface area (Å²) >= 11 is 0. The van der Waals surface area contributed by atoms with E-state index in [9.17, 15) is 18.0 Å². The van der Waals surface area contributed by atoms with E-state index < -0.39 is 23.2 Å². The molecular weight excluding hydrogens is 323 g/mol. The van der Waals surface area contributed by atoms with Gasteiger partial charge in [-0.25, -0.2) is 0 Å². The minimum atomic E-state index is -4.39. The first-order chi connectivity index (χ1) is 11.1. The van der Waals surface area contributed by atoms with Gasteiger partial charge in [0.1, 0.15) is 0 Å². The molecule has 1 atom stereocenters. The van der Waals surface area contributed by atoms with Crippen LogP contribution in [0, 0.1) is 0 Å². The molecule has 0 spiro atoms. The van der Waals surface area contributed by atoms with Crippen molar-refractivity contribution in [1.82, 2.24) is 5.32 Å². The van der Waals surface area contributed by atoms with Crippen molar-refractivity contribution in [2.75, 3.05) is 20.3 Å². The number of rotatable bonds is 7. The number of hydrogen-bond donors (Lipinski definition) is 2. The molecule has 4 nitrogen and oxygen atoms in total. The summed E-state index contributed by atoms with van der Waals surface area (Å²) in [5, 5.41) is 11.8. The van der Waals surface area contributed by atoms with E-state index in [1.165, 1.54) is 25.3 Å². The highest BCUT2D eigenvalue weighted by molar-refractivity contribution is 5.95. The van der Waals surface area contributed by atoms with E-state index in [-0.39, 0.29) is 13.2 Å². The SMILES string of the molecule is COCC(C)(CCO)NC(=O)/C=C(/C)c1ccc(C(F)(F)F)cc1. The number of alkyl halides is 3. The first-order valence-corrected chi connectivity index (χ1v) is 7.39. The number of methoxy groups -OCH3 is 1. The Hall–Kier alpha value is -1.86. The zero-order chi connectivity index (χ0) is 18.4. The summed E-state index contributed by atoms with van der Waals surface area (Å²) in [6, 6.07) is 4.60. The van der Waals surface area contributed by atoms with Gasteiger partial charge in [0.05, 0.1) is 17.7 Å². The molecule has 0 aromatic heterocycles. The lowest BCUT2D eigenvalue weighted by Gasteiger charge is -2.29. The molecule has 0 saturated heterocycles. The highest BCUT2D eigenvalue weighted by atomic mass is 19.4. The lowest BCUT2D eigenvalue weighted by molar-refractivity contribution is -0.137. The number of allylic oxidation sites excluding steroid dienone is 1. The summed E-state index contributed by atoms with van der Waals surface area (Å²) < 4.78 is 42.7. The first kappa shape index (κ1) is 20.2. The number of carbonyl (C=O) groups is 1. The van der Waals surface area contributed by atoms with Crippen LogP contribution in [0.4, 0.5) is 13.2 Å². The molecule has 0 aliphatic carbocycles. The van der Waals surface area contributed by atoms with Gasteiger partial charge in [-0.3, -0.25) is 4.79 Å². The maximum absolute atomic E-state index is 12.6. The number of carbonyl (C=O) groups excluding carboxylic acids is 1. The predicted octanol–water partition coefficient (Wildman–Crippen LogP) is 3.01. The second kappa shape index (κ2) is 8.30. The normalized spacial score (nSPS) is 15.0. The minimum absolute atomic E-state index is 0.109. The topological polar surface area (TPSA) is 58.6 Å². The minimum Gasteiger partial charge on any atom is -0.396 e. The van der Waals surface area contributed by atoms with E-state index in [1.54, 1.807) is 13.8 Å². The van der Waals surface area contributed by atoms with Gasteiger partial charge >= 0.3 is 6.18 Å². The Morgan fingerprint density at radius 2 is 1.88 bits per heavy atom. The smallest absolute Gasteiger partial charge is 0.396 e. The summed E-state index contributed by atoms with van der Waals surface area (Å²) in [5.74, 6) is -0.402. The van der Waals surface area contributed by atoms with Gasteiger partial charge in [0.15, 0.2) is 0 Å². The van der Waals surface area contributed by atoms with Crippen molar-refractivity contribution in [3.05, 3.63) is 41.5 Å². The number of aliphatic hydroxyl groups is 1. The Balaban J connectivity index is 2.86. The largest absolute Gasteiger partial charge is 0.416 e. The molecular formula is C17H22F3NO3. The van der Waals surface area contributed by atoms with Crippen LogP contribution >= 0.6 is 0 Å². The average Bonchev–Trinajstić information content (AvgIpc) is 2.46.